The van der Waals surface area contributed by atoms with Crippen LogP contribution < -0.4 is 5.32 Å². The topological polar surface area (TPSA) is 102 Å². The van der Waals surface area contributed by atoms with E-state index >= 15 is 0 Å². The predicted molar refractivity (Wildman–Crippen MR) is 94.1 cm³/mol. The van der Waals surface area contributed by atoms with E-state index in [0.29, 0.717) is 11.7 Å². The van der Waals surface area contributed by atoms with Gasteiger partial charge in [-0.1, -0.05) is 17.3 Å². The molecule has 1 amide bonds. The van der Waals surface area contributed by atoms with Gasteiger partial charge in [0.05, 0.1) is 10.6 Å². The van der Waals surface area contributed by atoms with Crippen molar-refractivity contribution in [2.75, 3.05) is 11.6 Å². The molecule has 7 nitrogen and oxygen atoms in total. The zero-order chi connectivity index (χ0) is 17.9. The highest BCUT2D eigenvalue weighted by Gasteiger charge is 2.15. The summed E-state index contributed by atoms with van der Waals surface area (Å²) in [4.78, 5) is 16.4. The third kappa shape index (κ3) is 4.31. The van der Waals surface area contributed by atoms with E-state index in [-0.39, 0.29) is 29.3 Å². The molecule has 0 aliphatic rings. The third-order valence-corrected chi connectivity index (χ3v) is 5.21. The normalized spacial score (nSPS) is 11.4. The molecule has 3 rings (SSSR count). The number of nitrogens with one attached hydrogen (secondary N) is 1. The summed E-state index contributed by atoms with van der Waals surface area (Å²) in [6.45, 7) is 0. The number of anilines is 1. The number of nitrogens with zero attached hydrogens (tertiary/aromatic N) is 2. The lowest BCUT2D eigenvalue weighted by Crippen LogP contribution is -2.15. The van der Waals surface area contributed by atoms with E-state index in [0.717, 1.165) is 11.8 Å². The summed E-state index contributed by atoms with van der Waals surface area (Å²) in [6.07, 6.45) is 1.47. The summed E-state index contributed by atoms with van der Waals surface area (Å²) in [5.74, 6) is 0.512. The van der Waals surface area contributed by atoms with E-state index in [2.05, 4.69) is 15.5 Å². The quantitative estimate of drug-likeness (QED) is 0.709. The molecule has 0 atom stereocenters. The van der Waals surface area contributed by atoms with Crippen LogP contribution in [0, 0.1) is 0 Å². The first-order valence-corrected chi connectivity index (χ1v) is 10.2. The van der Waals surface area contributed by atoms with Crippen molar-refractivity contribution in [2.45, 2.75) is 17.7 Å². The molecule has 2 heterocycles. The van der Waals surface area contributed by atoms with Crippen molar-refractivity contribution in [1.29, 1.82) is 0 Å². The Morgan fingerprint density at radius 3 is 2.80 bits per heavy atom. The van der Waals surface area contributed by atoms with Gasteiger partial charge in [-0.25, -0.2) is 8.42 Å². The summed E-state index contributed by atoms with van der Waals surface area (Å²) in [7, 11) is -3.42. The molecule has 130 valence electrons. The lowest BCUT2D eigenvalue weighted by atomic mass is 10.2. The number of sulfone groups is 1. The third-order valence-electron chi connectivity index (χ3n) is 3.37. The number of benzene rings is 1. The Bertz CT molecular complexity index is 978. The van der Waals surface area contributed by atoms with Crippen LogP contribution in [-0.2, 0) is 21.1 Å². The molecule has 1 aromatic carbocycles. The minimum atomic E-state index is -3.42. The van der Waals surface area contributed by atoms with Crippen LogP contribution in [-0.4, -0.2) is 30.7 Å². The van der Waals surface area contributed by atoms with E-state index < -0.39 is 9.84 Å². The number of thiophene rings is 1. The molecular weight excluding hydrogens is 362 g/mol. The van der Waals surface area contributed by atoms with Crippen molar-refractivity contribution in [2.24, 2.45) is 0 Å². The Balaban J connectivity index is 1.63. The van der Waals surface area contributed by atoms with Crippen molar-refractivity contribution >= 4 is 32.8 Å². The van der Waals surface area contributed by atoms with E-state index in [9.17, 15) is 13.2 Å². The fourth-order valence-electron chi connectivity index (χ4n) is 2.19. The summed E-state index contributed by atoms with van der Waals surface area (Å²) >= 11 is 1.53. The molecule has 9 heteroatoms. The molecule has 0 aliphatic heterocycles. The van der Waals surface area contributed by atoms with Gasteiger partial charge < -0.3 is 9.84 Å². The molecule has 2 aromatic heterocycles. The van der Waals surface area contributed by atoms with Gasteiger partial charge in [-0.2, -0.15) is 16.3 Å². The van der Waals surface area contributed by atoms with Crippen LogP contribution in [0.4, 0.5) is 5.69 Å². The van der Waals surface area contributed by atoms with E-state index in [1.54, 1.807) is 18.2 Å². The van der Waals surface area contributed by atoms with Gasteiger partial charge in [0, 0.05) is 30.0 Å². The van der Waals surface area contributed by atoms with E-state index in [1.807, 2.05) is 16.8 Å². The van der Waals surface area contributed by atoms with Gasteiger partial charge >= 0.3 is 0 Å². The van der Waals surface area contributed by atoms with Crippen molar-refractivity contribution in [1.82, 2.24) is 10.1 Å². The predicted octanol–water partition coefficient (Wildman–Crippen LogP) is 2.77. The molecule has 0 aliphatic carbocycles. The maximum absolute atomic E-state index is 12.1. The number of para-hydroxylation sites is 1. The molecule has 0 spiro atoms. The van der Waals surface area contributed by atoms with Crippen molar-refractivity contribution in [3.8, 4) is 11.4 Å². The molecule has 0 fully saturated rings. The zero-order valence-corrected chi connectivity index (χ0v) is 14.9. The molecule has 25 heavy (non-hydrogen) atoms. The molecule has 0 saturated heterocycles. The Labute approximate surface area is 148 Å². The highest BCUT2D eigenvalue weighted by atomic mass is 32.2. The largest absolute Gasteiger partial charge is 0.339 e. The molecule has 1 N–H and O–H groups in total. The highest BCUT2D eigenvalue weighted by molar-refractivity contribution is 7.90. The second-order valence-corrected chi connectivity index (χ2v) is 8.10. The van der Waals surface area contributed by atoms with Crippen LogP contribution in [0.1, 0.15) is 12.3 Å². The average molecular weight is 377 g/mol. The van der Waals surface area contributed by atoms with Crippen molar-refractivity contribution < 1.29 is 17.7 Å². The van der Waals surface area contributed by atoms with Gasteiger partial charge in [0.1, 0.15) is 0 Å². The first-order valence-electron chi connectivity index (χ1n) is 7.37. The maximum Gasteiger partial charge on any atom is 0.227 e. The summed E-state index contributed by atoms with van der Waals surface area (Å²) in [5.41, 5.74) is 1.13. The van der Waals surface area contributed by atoms with Gasteiger partial charge in [0.25, 0.3) is 0 Å². The summed E-state index contributed by atoms with van der Waals surface area (Å²) in [6, 6.07) is 8.16. The maximum atomic E-state index is 12.1. The molecule has 0 radical (unpaired) electrons. The molecule has 0 unspecified atom stereocenters. The average Bonchev–Trinajstić information content (AvgIpc) is 3.24. The van der Waals surface area contributed by atoms with Crippen LogP contribution in [0.15, 0.2) is 50.5 Å². The molecule has 0 saturated carbocycles. The molecule has 3 aromatic rings. The fourth-order valence-corrected chi connectivity index (χ4v) is 3.67. The van der Waals surface area contributed by atoms with E-state index in [4.69, 9.17) is 4.52 Å². The Morgan fingerprint density at radius 2 is 2.08 bits per heavy atom. The second-order valence-electron chi connectivity index (χ2n) is 5.34. The Hall–Kier alpha value is -2.52. The van der Waals surface area contributed by atoms with Gasteiger partial charge in [0.2, 0.25) is 17.6 Å². The van der Waals surface area contributed by atoms with E-state index in [1.165, 1.54) is 17.4 Å². The minimum absolute atomic E-state index is 0.0842. The number of aryl methyl sites for hydroxylation is 1. The number of hydrogen-bond donors (Lipinski definition) is 1. The van der Waals surface area contributed by atoms with Gasteiger partial charge in [-0.05, 0) is 23.6 Å². The second kappa shape index (κ2) is 7.16. The first-order chi connectivity index (χ1) is 11.9. The van der Waals surface area contributed by atoms with Crippen LogP contribution in [0.3, 0.4) is 0 Å². The number of rotatable bonds is 6. The van der Waals surface area contributed by atoms with Crippen LogP contribution in [0.5, 0.6) is 0 Å². The first kappa shape index (κ1) is 17.3. The zero-order valence-electron chi connectivity index (χ0n) is 13.3. The lowest BCUT2D eigenvalue weighted by Gasteiger charge is -2.09. The Kier molecular flexibility index (Phi) is 4.95. The highest BCUT2D eigenvalue weighted by Crippen LogP contribution is 2.21. The molecule has 0 bridgehead atoms. The van der Waals surface area contributed by atoms with Gasteiger partial charge in [-0.3, -0.25) is 4.79 Å². The van der Waals surface area contributed by atoms with Crippen LogP contribution in [0.2, 0.25) is 0 Å². The standard InChI is InChI=1S/C16H15N3O4S2/c1-25(21,22)13-5-3-2-4-12(13)17-14(20)6-7-15-18-16(19-23-15)11-8-9-24-10-11/h2-5,8-10H,6-7H2,1H3,(H,17,20). The van der Waals surface area contributed by atoms with Crippen molar-refractivity contribution in [3.63, 3.8) is 0 Å². The van der Waals surface area contributed by atoms with Gasteiger partial charge in [-0.15, -0.1) is 0 Å². The summed E-state index contributed by atoms with van der Waals surface area (Å²) in [5, 5.41) is 10.3. The van der Waals surface area contributed by atoms with Crippen molar-refractivity contribution in [3.05, 3.63) is 47.0 Å². The molecular formula is C16H15N3O4S2. The minimum Gasteiger partial charge on any atom is -0.339 e. The lowest BCUT2D eigenvalue weighted by molar-refractivity contribution is -0.116. The van der Waals surface area contributed by atoms with Gasteiger partial charge in [0.15, 0.2) is 9.84 Å². The number of carbonyl (C=O) groups is 1. The Morgan fingerprint density at radius 1 is 1.28 bits per heavy atom. The van der Waals surface area contributed by atoms with Crippen LogP contribution in [0.25, 0.3) is 11.4 Å². The number of aromatic nitrogens is 2. The smallest absolute Gasteiger partial charge is 0.227 e. The SMILES string of the molecule is CS(=O)(=O)c1ccccc1NC(=O)CCc1nc(-c2ccsc2)no1. The fraction of sp³-hybridized carbons (Fsp3) is 0.188. The monoisotopic (exact) mass is 377 g/mol. The number of carbonyl (C=O) groups excluding carboxylic acids is 1. The number of hydrogen-bond acceptors (Lipinski definition) is 7. The number of amides is 1. The summed E-state index contributed by atoms with van der Waals surface area (Å²) < 4.78 is 28.6. The van der Waals surface area contributed by atoms with Crippen LogP contribution >= 0.6 is 11.3 Å².